The van der Waals surface area contributed by atoms with E-state index in [1.807, 2.05) is 0 Å². The van der Waals surface area contributed by atoms with E-state index in [0.717, 1.165) is 4.90 Å². The Bertz CT molecular complexity index is 532. The molecule has 0 saturated carbocycles. The zero-order valence-electron chi connectivity index (χ0n) is 10.3. The van der Waals surface area contributed by atoms with Gasteiger partial charge in [0.05, 0.1) is 12.7 Å². The standard InChI is InChI=1S/C10H13N5O5/c11-9-13-7-6(8(18)14-9)12-10(19)15(7)5-1-3(17)4(2-16)20-5/h3-6,16-17H,1-2H2,(H,12,19)(H2,11,14,18). The average Bonchev–Trinajstić information content (AvgIpc) is 2.89. The molecule has 5 N–H and O–H groups in total. The fourth-order valence-electron chi connectivity index (χ4n) is 2.43. The van der Waals surface area contributed by atoms with E-state index in [1.54, 1.807) is 0 Å². The van der Waals surface area contributed by atoms with Gasteiger partial charge in [-0.3, -0.25) is 9.69 Å². The summed E-state index contributed by atoms with van der Waals surface area (Å²) in [6.45, 7) is -0.369. The third-order valence-electron chi connectivity index (χ3n) is 3.36. The van der Waals surface area contributed by atoms with Crippen LogP contribution in [-0.4, -0.2) is 69.9 Å². The Morgan fingerprint density at radius 3 is 2.85 bits per heavy atom. The molecule has 4 atom stereocenters. The van der Waals surface area contributed by atoms with Crippen LogP contribution >= 0.6 is 0 Å². The van der Waals surface area contributed by atoms with Crippen LogP contribution in [0.2, 0.25) is 0 Å². The third kappa shape index (κ3) is 1.85. The van der Waals surface area contributed by atoms with Gasteiger partial charge in [0, 0.05) is 6.42 Å². The first-order valence-electron chi connectivity index (χ1n) is 6.02. The fourth-order valence-corrected chi connectivity index (χ4v) is 2.43. The minimum absolute atomic E-state index is 0.100. The first-order valence-corrected chi connectivity index (χ1v) is 6.02. The Hall–Kier alpha value is -2.04. The van der Waals surface area contributed by atoms with Gasteiger partial charge in [0.25, 0.3) is 5.91 Å². The Balaban J connectivity index is 1.88. The molecule has 0 aromatic carbocycles. The smallest absolute Gasteiger partial charge is 0.326 e. The molecule has 20 heavy (non-hydrogen) atoms. The lowest BCUT2D eigenvalue weighted by atomic mass is 10.2. The molecule has 10 heteroatoms. The highest BCUT2D eigenvalue weighted by molar-refractivity contribution is 6.24. The molecule has 0 aromatic rings. The van der Waals surface area contributed by atoms with Crippen LogP contribution in [0.4, 0.5) is 4.79 Å². The van der Waals surface area contributed by atoms with Crippen molar-refractivity contribution in [3.63, 3.8) is 0 Å². The van der Waals surface area contributed by atoms with Crippen LogP contribution in [0.5, 0.6) is 0 Å². The molecule has 4 unspecified atom stereocenters. The maximum atomic E-state index is 11.9. The summed E-state index contributed by atoms with van der Waals surface area (Å²) in [7, 11) is 0. The SMILES string of the molecule is NC1=NC(=O)C2NC(=O)N(C3CC(O)C(CO)O3)C2=N1. The summed E-state index contributed by atoms with van der Waals surface area (Å²) in [6, 6.07) is -1.56. The van der Waals surface area contributed by atoms with E-state index in [0.29, 0.717) is 0 Å². The number of nitrogens with zero attached hydrogens (tertiary/aromatic N) is 3. The normalized spacial score (nSPS) is 36.6. The molecule has 10 nitrogen and oxygen atoms in total. The van der Waals surface area contributed by atoms with Crippen LogP contribution in [0.25, 0.3) is 0 Å². The number of aliphatic hydroxyl groups is 2. The topological polar surface area (TPSA) is 150 Å². The molecule has 0 aromatic heterocycles. The summed E-state index contributed by atoms with van der Waals surface area (Å²) >= 11 is 0. The number of guanidine groups is 1. The van der Waals surface area contributed by atoms with Gasteiger partial charge in [0.2, 0.25) is 5.96 Å². The van der Waals surface area contributed by atoms with Crippen molar-refractivity contribution >= 4 is 23.7 Å². The van der Waals surface area contributed by atoms with Crippen LogP contribution in [-0.2, 0) is 9.53 Å². The zero-order chi connectivity index (χ0) is 14.4. The first-order chi connectivity index (χ1) is 9.51. The van der Waals surface area contributed by atoms with Gasteiger partial charge in [0.1, 0.15) is 12.3 Å². The maximum Gasteiger partial charge on any atom is 0.326 e. The fraction of sp³-hybridized carbons (Fsp3) is 0.600. The summed E-state index contributed by atoms with van der Waals surface area (Å²) in [5.41, 5.74) is 5.41. The zero-order valence-corrected chi connectivity index (χ0v) is 10.3. The molecule has 3 heterocycles. The molecule has 2 saturated heterocycles. The Kier molecular flexibility index (Phi) is 2.92. The van der Waals surface area contributed by atoms with Crippen molar-refractivity contribution in [1.29, 1.82) is 0 Å². The summed E-state index contributed by atoms with van der Waals surface area (Å²) in [5, 5.41) is 21.2. The number of urea groups is 1. The number of aliphatic hydroxyl groups excluding tert-OH is 2. The lowest BCUT2D eigenvalue weighted by Crippen LogP contribution is -2.45. The molecular weight excluding hydrogens is 270 g/mol. The minimum atomic E-state index is -0.983. The monoisotopic (exact) mass is 283 g/mol. The van der Waals surface area contributed by atoms with Gasteiger partial charge in [-0.15, -0.1) is 0 Å². The average molecular weight is 283 g/mol. The van der Waals surface area contributed by atoms with Crippen molar-refractivity contribution < 1.29 is 24.5 Å². The largest absolute Gasteiger partial charge is 0.394 e. The number of carbonyl (C=O) groups excluding carboxylic acids is 2. The minimum Gasteiger partial charge on any atom is -0.394 e. The molecule has 108 valence electrons. The van der Waals surface area contributed by atoms with Crippen LogP contribution in [0.3, 0.4) is 0 Å². The highest BCUT2D eigenvalue weighted by atomic mass is 16.5. The summed E-state index contributed by atoms with van der Waals surface area (Å²) in [6.07, 6.45) is -2.39. The lowest BCUT2D eigenvalue weighted by molar-refractivity contribution is -0.118. The van der Waals surface area contributed by atoms with Crippen molar-refractivity contribution in [1.82, 2.24) is 10.2 Å². The van der Waals surface area contributed by atoms with E-state index in [9.17, 15) is 14.7 Å². The molecule has 3 amide bonds. The summed E-state index contributed by atoms with van der Waals surface area (Å²) in [5.74, 6) is -0.746. The van der Waals surface area contributed by atoms with Gasteiger partial charge < -0.3 is 26.0 Å². The van der Waals surface area contributed by atoms with E-state index in [-0.39, 0.29) is 24.8 Å². The Labute approximate surface area is 112 Å². The first kappa shape index (κ1) is 13.0. The van der Waals surface area contributed by atoms with Crippen molar-refractivity contribution in [2.45, 2.75) is 30.9 Å². The van der Waals surface area contributed by atoms with Gasteiger partial charge in [-0.05, 0) is 0 Å². The maximum absolute atomic E-state index is 11.9. The van der Waals surface area contributed by atoms with E-state index in [2.05, 4.69) is 15.3 Å². The number of amides is 3. The number of amidine groups is 1. The second-order valence-electron chi connectivity index (χ2n) is 4.65. The quantitative estimate of drug-likeness (QED) is 0.427. The molecule has 3 aliphatic heterocycles. The number of carbonyl (C=O) groups is 2. The molecule has 0 spiro atoms. The number of ether oxygens (including phenoxy) is 1. The number of nitrogens with one attached hydrogen (secondary N) is 1. The van der Waals surface area contributed by atoms with Gasteiger partial charge in [-0.1, -0.05) is 0 Å². The Morgan fingerprint density at radius 1 is 1.45 bits per heavy atom. The number of hydrogen-bond acceptors (Lipinski definition) is 7. The van der Waals surface area contributed by atoms with Gasteiger partial charge in [0.15, 0.2) is 11.9 Å². The second kappa shape index (κ2) is 4.51. The number of nitrogens with two attached hydrogens (primary N) is 1. The predicted octanol–water partition coefficient (Wildman–Crippen LogP) is -2.90. The second-order valence-corrected chi connectivity index (χ2v) is 4.65. The van der Waals surface area contributed by atoms with Crippen LogP contribution in [0, 0.1) is 0 Å². The highest BCUT2D eigenvalue weighted by Gasteiger charge is 2.49. The van der Waals surface area contributed by atoms with Crippen LogP contribution in [0.1, 0.15) is 6.42 Å². The molecule has 3 aliphatic rings. The predicted molar refractivity (Wildman–Crippen MR) is 64.6 cm³/mol. The van der Waals surface area contributed by atoms with Crippen molar-refractivity contribution in [2.24, 2.45) is 15.7 Å². The van der Waals surface area contributed by atoms with Crippen molar-refractivity contribution in [3.05, 3.63) is 0 Å². The summed E-state index contributed by atoms with van der Waals surface area (Å²) in [4.78, 5) is 32.1. The van der Waals surface area contributed by atoms with Gasteiger partial charge in [-0.25, -0.2) is 4.79 Å². The molecule has 0 radical (unpaired) electrons. The number of aliphatic imine (C=N–C) groups is 2. The number of hydrogen-bond donors (Lipinski definition) is 4. The van der Waals surface area contributed by atoms with Crippen LogP contribution in [0.15, 0.2) is 9.98 Å². The lowest BCUT2D eigenvalue weighted by Gasteiger charge is -2.24. The molecule has 0 aliphatic carbocycles. The number of rotatable bonds is 2. The molecular formula is C10H13N5O5. The number of fused-ring (bicyclic) bond motifs is 1. The van der Waals surface area contributed by atoms with Crippen molar-refractivity contribution in [2.75, 3.05) is 6.61 Å². The van der Waals surface area contributed by atoms with Crippen LogP contribution < -0.4 is 11.1 Å². The highest BCUT2D eigenvalue weighted by Crippen LogP contribution is 2.27. The Morgan fingerprint density at radius 2 is 2.20 bits per heavy atom. The third-order valence-corrected chi connectivity index (χ3v) is 3.36. The van der Waals surface area contributed by atoms with E-state index in [1.165, 1.54) is 0 Å². The van der Waals surface area contributed by atoms with Gasteiger partial charge >= 0.3 is 6.03 Å². The van der Waals surface area contributed by atoms with E-state index in [4.69, 9.17) is 15.6 Å². The van der Waals surface area contributed by atoms with E-state index >= 15 is 0 Å². The molecule has 0 bridgehead atoms. The molecule has 3 rings (SSSR count). The van der Waals surface area contributed by atoms with Gasteiger partial charge in [-0.2, -0.15) is 9.98 Å². The molecule has 2 fully saturated rings. The van der Waals surface area contributed by atoms with E-state index < -0.39 is 36.4 Å². The van der Waals surface area contributed by atoms with Crippen molar-refractivity contribution in [3.8, 4) is 0 Å². The summed E-state index contributed by atoms with van der Waals surface area (Å²) < 4.78 is 5.39.